The summed E-state index contributed by atoms with van der Waals surface area (Å²) in [5.41, 5.74) is 2.19. The van der Waals surface area contributed by atoms with Crippen LogP contribution in [-0.4, -0.2) is 21.2 Å². The van der Waals surface area contributed by atoms with Crippen molar-refractivity contribution in [1.82, 2.24) is 10.1 Å². The molecule has 0 aliphatic rings. The lowest BCUT2D eigenvalue weighted by atomic mass is 10.1. The highest BCUT2D eigenvalue weighted by atomic mass is 16.5. The molecule has 100 valence electrons. The number of carboxylic acids is 1. The Balaban J connectivity index is 2.00. The van der Waals surface area contributed by atoms with Gasteiger partial charge in [-0.25, -0.2) is 0 Å². The molecule has 6 nitrogen and oxygen atoms in total. The maximum absolute atomic E-state index is 10.5. The molecule has 0 bridgehead atoms. The summed E-state index contributed by atoms with van der Waals surface area (Å²) in [6.07, 6.45) is -0.281. The molecular formula is C13H14N2O4. The highest BCUT2D eigenvalue weighted by Gasteiger charge is 2.11. The second-order valence-corrected chi connectivity index (χ2v) is 4.16. The fourth-order valence-electron chi connectivity index (χ4n) is 1.57. The zero-order valence-corrected chi connectivity index (χ0v) is 10.7. The van der Waals surface area contributed by atoms with E-state index >= 15 is 0 Å². The third-order valence-electron chi connectivity index (χ3n) is 2.72. The van der Waals surface area contributed by atoms with E-state index in [2.05, 4.69) is 10.1 Å². The number of aromatic nitrogens is 2. The molecule has 0 aliphatic carbocycles. The van der Waals surface area contributed by atoms with E-state index in [1.165, 1.54) is 0 Å². The summed E-state index contributed by atoms with van der Waals surface area (Å²) in [5.74, 6) is 0.152. The van der Waals surface area contributed by atoms with Gasteiger partial charge in [0.1, 0.15) is 12.2 Å². The van der Waals surface area contributed by atoms with Gasteiger partial charge in [0.2, 0.25) is 11.7 Å². The van der Waals surface area contributed by atoms with Crippen molar-refractivity contribution in [2.75, 3.05) is 0 Å². The molecule has 0 fully saturated rings. The predicted molar refractivity (Wildman–Crippen MR) is 65.9 cm³/mol. The molecule has 1 N–H and O–H groups in total. The van der Waals surface area contributed by atoms with E-state index in [-0.39, 0.29) is 18.9 Å². The molecule has 19 heavy (non-hydrogen) atoms. The van der Waals surface area contributed by atoms with Crippen molar-refractivity contribution in [2.45, 2.75) is 26.9 Å². The maximum Gasteiger partial charge on any atom is 0.312 e. The fraction of sp³-hybridized carbons (Fsp3) is 0.308. The van der Waals surface area contributed by atoms with Crippen LogP contribution in [-0.2, 0) is 17.8 Å². The first-order valence-corrected chi connectivity index (χ1v) is 5.78. The predicted octanol–water partition coefficient (Wildman–Crippen LogP) is 1.89. The first-order chi connectivity index (χ1) is 9.06. The van der Waals surface area contributed by atoms with Crippen molar-refractivity contribution >= 4 is 5.97 Å². The molecule has 0 spiro atoms. The lowest BCUT2D eigenvalue weighted by molar-refractivity contribution is -0.136. The number of ether oxygens (including phenoxy) is 1. The monoisotopic (exact) mass is 262 g/mol. The normalized spacial score (nSPS) is 10.4. The lowest BCUT2D eigenvalue weighted by Gasteiger charge is -2.08. The molecule has 0 radical (unpaired) electrons. The van der Waals surface area contributed by atoms with Gasteiger partial charge in [0, 0.05) is 0 Å². The highest BCUT2D eigenvalue weighted by Crippen LogP contribution is 2.21. The Hall–Kier alpha value is -2.37. The van der Waals surface area contributed by atoms with Crippen molar-refractivity contribution in [3.8, 4) is 5.75 Å². The van der Waals surface area contributed by atoms with Crippen LogP contribution in [0.2, 0.25) is 0 Å². The van der Waals surface area contributed by atoms with Gasteiger partial charge in [0.25, 0.3) is 0 Å². The molecule has 0 saturated heterocycles. The molecule has 1 aromatic carbocycles. The summed E-state index contributed by atoms with van der Waals surface area (Å²) in [4.78, 5) is 14.4. The molecule has 6 heteroatoms. The highest BCUT2D eigenvalue weighted by molar-refractivity contribution is 5.68. The van der Waals surface area contributed by atoms with Crippen LogP contribution in [0.25, 0.3) is 0 Å². The summed E-state index contributed by atoms with van der Waals surface area (Å²) < 4.78 is 10.4. The third kappa shape index (κ3) is 3.31. The Morgan fingerprint density at radius 2 is 2.21 bits per heavy atom. The van der Waals surface area contributed by atoms with Crippen LogP contribution >= 0.6 is 0 Å². The number of aliphatic carboxylic acids is 1. The first-order valence-electron chi connectivity index (χ1n) is 5.78. The molecule has 0 aliphatic heterocycles. The van der Waals surface area contributed by atoms with Gasteiger partial charge < -0.3 is 14.4 Å². The molecule has 1 aromatic heterocycles. The fourth-order valence-corrected chi connectivity index (χ4v) is 1.57. The second-order valence-electron chi connectivity index (χ2n) is 4.16. The molecule has 0 unspecified atom stereocenters. The smallest absolute Gasteiger partial charge is 0.312 e. The van der Waals surface area contributed by atoms with Gasteiger partial charge >= 0.3 is 5.97 Å². The SMILES string of the molecule is Cc1cccc(OCc2noc(CC(=O)O)n2)c1C. The Morgan fingerprint density at radius 1 is 1.42 bits per heavy atom. The van der Waals surface area contributed by atoms with E-state index in [0.717, 1.165) is 16.9 Å². The number of carbonyl (C=O) groups is 1. The lowest BCUT2D eigenvalue weighted by Crippen LogP contribution is -2.02. The van der Waals surface area contributed by atoms with Crippen LogP contribution in [0.15, 0.2) is 22.7 Å². The van der Waals surface area contributed by atoms with Gasteiger partial charge in [-0.05, 0) is 31.0 Å². The van der Waals surface area contributed by atoms with E-state index in [0.29, 0.717) is 5.82 Å². The minimum Gasteiger partial charge on any atom is -0.485 e. The van der Waals surface area contributed by atoms with Crippen LogP contribution in [0.3, 0.4) is 0 Å². The molecule has 0 saturated carbocycles. The number of carboxylic acid groups (broad SMARTS) is 1. The number of benzene rings is 1. The third-order valence-corrected chi connectivity index (χ3v) is 2.72. The van der Waals surface area contributed by atoms with Crippen LogP contribution in [0.5, 0.6) is 5.75 Å². The van der Waals surface area contributed by atoms with Gasteiger partial charge in [-0.15, -0.1) is 0 Å². The number of aryl methyl sites for hydroxylation is 1. The quantitative estimate of drug-likeness (QED) is 0.885. The zero-order valence-electron chi connectivity index (χ0n) is 10.7. The summed E-state index contributed by atoms with van der Waals surface area (Å²) in [5, 5.41) is 12.3. The Kier molecular flexibility index (Phi) is 3.79. The largest absolute Gasteiger partial charge is 0.485 e. The molecule has 0 atom stereocenters. The molecular weight excluding hydrogens is 248 g/mol. The van der Waals surface area contributed by atoms with Gasteiger partial charge in [0.05, 0.1) is 0 Å². The number of nitrogens with zero attached hydrogens (tertiary/aromatic N) is 2. The average Bonchev–Trinajstić information content (AvgIpc) is 2.78. The topological polar surface area (TPSA) is 85.5 Å². The van der Waals surface area contributed by atoms with Crippen molar-refractivity contribution in [3.63, 3.8) is 0 Å². The van der Waals surface area contributed by atoms with Gasteiger partial charge in [0.15, 0.2) is 6.61 Å². The molecule has 0 amide bonds. The van der Waals surface area contributed by atoms with Gasteiger partial charge in [-0.1, -0.05) is 17.3 Å². The standard InChI is InChI=1S/C13H14N2O4/c1-8-4-3-5-10(9(8)2)18-7-11-14-12(19-15-11)6-13(16)17/h3-5H,6-7H2,1-2H3,(H,16,17). The van der Waals surface area contributed by atoms with Crippen LogP contribution < -0.4 is 4.74 Å². The van der Waals surface area contributed by atoms with E-state index < -0.39 is 5.97 Å². The minimum atomic E-state index is -1.01. The summed E-state index contributed by atoms with van der Waals surface area (Å²) in [7, 11) is 0. The van der Waals surface area contributed by atoms with Crippen molar-refractivity contribution < 1.29 is 19.2 Å². The summed E-state index contributed by atoms with van der Waals surface area (Å²) in [6.45, 7) is 4.12. The summed E-state index contributed by atoms with van der Waals surface area (Å²) in [6, 6.07) is 5.77. The van der Waals surface area contributed by atoms with Crippen molar-refractivity contribution in [2.24, 2.45) is 0 Å². The zero-order chi connectivity index (χ0) is 13.8. The number of rotatable bonds is 5. The summed E-state index contributed by atoms with van der Waals surface area (Å²) >= 11 is 0. The van der Waals surface area contributed by atoms with Crippen molar-refractivity contribution in [1.29, 1.82) is 0 Å². The Morgan fingerprint density at radius 3 is 2.95 bits per heavy atom. The molecule has 2 rings (SSSR count). The van der Waals surface area contributed by atoms with Gasteiger partial charge in [-0.2, -0.15) is 4.98 Å². The van der Waals surface area contributed by atoms with E-state index in [1.54, 1.807) is 0 Å². The van der Waals surface area contributed by atoms with E-state index in [9.17, 15) is 4.79 Å². The van der Waals surface area contributed by atoms with Crippen LogP contribution in [0, 0.1) is 13.8 Å². The van der Waals surface area contributed by atoms with Gasteiger partial charge in [-0.3, -0.25) is 4.79 Å². The van der Waals surface area contributed by atoms with E-state index in [4.69, 9.17) is 14.4 Å². The molecule has 1 heterocycles. The number of hydrogen-bond donors (Lipinski definition) is 1. The average molecular weight is 262 g/mol. The van der Waals surface area contributed by atoms with Crippen LogP contribution in [0.4, 0.5) is 0 Å². The number of hydrogen-bond acceptors (Lipinski definition) is 5. The van der Waals surface area contributed by atoms with Crippen LogP contribution in [0.1, 0.15) is 22.8 Å². The van der Waals surface area contributed by atoms with Crippen molar-refractivity contribution in [3.05, 3.63) is 41.0 Å². The Labute approximate surface area is 110 Å². The molecule has 2 aromatic rings. The first kappa shape index (κ1) is 13.1. The second kappa shape index (κ2) is 5.51. The maximum atomic E-state index is 10.5. The van der Waals surface area contributed by atoms with E-state index in [1.807, 2.05) is 32.0 Å². The Bertz CT molecular complexity index is 592. The minimum absolute atomic E-state index is 0.0760.